The highest BCUT2D eigenvalue weighted by Gasteiger charge is 2.32. The average molecular weight is 357 g/mol. The molecule has 5 heteroatoms. The summed E-state index contributed by atoms with van der Waals surface area (Å²) in [7, 11) is 0. The topological polar surface area (TPSA) is 47.6 Å². The Morgan fingerprint density at radius 2 is 1.65 bits per heavy atom. The molecule has 3 aliphatic heterocycles. The normalized spacial score (nSPS) is 30.8. The highest BCUT2D eigenvalue weighted by molar-refractivity contribution is 5.94. The number of rotatable bonds is 3. The molecular weight excluding hydrogens is 324 g/mol. The number of carbonyl (C=O) groups excluding carboxylic acids is 1. The SMILES string of the molecule is CC1NNC(C)C1c1cccc(C(=O)N2CCC(N3CCCC3)CC2)c1. The lowest BCUT2D eigenvalue weighted by atomic mass is 9.88. The maximum atomic E-state index is 13.0. The van der Waals surface area contributed by atoms with Gasteiger partial charge in [-0.05, 0) is 70.3 Å². The van der Waals surface area contributed by atoms with Gasteiger partial charge in [0, 0.05) is 42.7 Å². The molecule has 1 amide bonds. The van der Waals surface area contributed by atoms with Crippen molar-refractivity contribution in [2.75, 3.05) is 26.2 Å². The highest BCUT2D eigenvalue weighted by atomic mass is 16.2. The van der Waals surface area contributed by atoms with Crippen molar-refractivity contribution >= 4 is 5.91 Å². The van der Waals surface area contributed by atoms with E-state index < -0.39 is 0 Å². The average Bonchev–Trinajstić information content (AvgIpc) is 3.32. The third kappa shape index (κ3) is 3.53. The molecule has 3 aliphatic rings. The summed E-state index contributed by atoms with van der Waals surface area (Å²) in [4.78, 5) is 17.7. The van der Waals surface area contributed by atoms with E-state index in [1.807, 2.05) is 12.1 Å². The summed E-state index contributed by atoms with van der Waals surface area (Å²) in [5.41, 5.74) is 8.71. The monoisotopic (exact) mass is 356 g/mol. The van der Waals surface area contributed by atoms with Gasteiger partial charge in [-0.15, -0.1) is 0 Å². The van der Waals surface area contributed by atoms with Gasteiger partial charge in [0.1, 0.15) is 0 Å². The zero-order valence-corrected chi connectivity index (χ0v) is 16.1. The number of nitrogens with one attached hydrogen (secondary N) is 2. The summed E-state index contributed by atoms with van der Waals surface area (Å²) in [6.45, 7) is 8.67. The number of hydrogen-bond donors (Lipinski definition) is 2. The second-order valence-electron chi connectivity index (χ2n) is 8.28. The lowest BCUT2D eigenvalue weighted by molar-refractivity contribution is 0.0644. The van der Waals surface area contributed by atoms with Gasteiger partial charge in [-0.25, -0.2) is 0 Å². The first-order valence-electron chi connectivity index (χ1n) is 10.3. The number of carbonyl (C=O) groups is 1. The molecule has 1 aromatic rings. The van der Waals surface area contributed by atoms with Crippen molar-refractivity contribution in [3.8, 4) is 0 Å². The van der Waals surface area contributed by atoms with E-state index >= 15 is 0 Å². The van der Waals surface area contributed by atoms with Crippen molar-refractivity contribution in [1.29, 1.82) is 0 Å². The second kappa shape index (κ2) is 7.67. The molecule has 2 N–H and O–H groups in total. The summed E-state index contributed by atoms with van der Waals surface area (Å²) >= 11 is 0. The van der Waals surface area contributed by atoms with Crippen LogP contribution in [0.2, 0.25) is 0 Å². The lowest BCUT2D eigenvalue weighted by Gasteiger charge is -2.36. The standard InChI is InChI=1S/C21H32N4O/c1-15-20(16(2)23-22-15)17-6-5-7-18(14-17)21(26)25-12-8-19(9-13-25)24-10-3-4-11-24/h5-7,14-16,19-20,22-23H,3-4,8-13H2,1-2H3. The third-order valence-corrected chi connectivity index (χ3v) is 6.54. The predicted octanol–water partition coefficient (Wildman–Crippen LogP) is 2.36. The van der Waals surface area contributed by atoms with Crippen molar-refractivity contribution in [2.45, 2.75) is 63.6 Å². The van der Waals surface area contributed by atoms with E-state index in [0.29, 0.717) is 24.0 Å². The number of hydrogen-bond acceptors (Lipinski definition) is 4. The molecule has 2 unspecified atom stereocenters. The van der Waals surface area contributed by atoms with Gasteiger partial charge in [0.05, 0.1) is 0 Å². The lowest BCUT2D eigenvalue weighted by Crippen LogP contribution is -2.45. The third-order valence-electron chi connectivity index (χ3n) is 6.54. The van der Waals surface area contributed by atoms with Gasteiger partial charge < -0.3 is 9.80 Å². The Morgan fingerprint density at radius 1 is 1.00 bits per heavy atom. The zero-order valence-electron chi connectivity index (χ0n) is 16.1. The second-order valence-corrected chi connectivity index (χ2v) is 8.28. The van der Waals surface area contributed by atoms with Crippen molar-refractivity contribution in [3.05, 3.63) is 35.4 Å². The first-order chi connectivity index (χ1) is 12.6. The molecule has 0 saturated carbocycles. The Bertz CT molecular complexity index is 625. The van der Waals surface area contributed by atoms with Gasteiger partial charge in [0.2, 0.25) is 0 Å². The van der Waals surface area contributed by atoms with Crippen LogP contribution in [-0.4, -0.2) is 60.0 Å². The van der Waals surface area contributed by atoms with E-state index in [0.717, 1.165) is 31.5 Å². The van der Waals surface area contributed by atoms with E-state index in [-0.39, 0.29) is 5.91 Å². The minimum absolute atomic E-state index is 0.200. The van der Waals surface area contributed by atoms with Crippen LogP contribution in [0.4, 0.5) is 0 Å². The molecule has 0 radical (unpaired) electrons. The van der Waals surface area contributed by atoms with Crippen LogP contribution in [0, 0.1) is 0 Å². The molecule has 142 valence electrons. The summed E-state index contributed by atoms with van der Waals surface area (Å²) in [6, 6.07) is 9.70. The molecule has 3 heterocycles. The van der Waals surface area contributed by atoms with Crippen LogP contribution in [0.25, 0.3) is 0 Å². The minimum Gasteiger partial charge on any atom is -0.339 e. The first-order valence-corrected chi connectivity index (χ1v) is 10.3. The molecule has 1 aromatic carbocycles. The van der Waals surface area contributed by atoms with E-state index in [1.165, 1.54) is 31.5 Å². The quantitative estimate of drug-likeness (QED) is 0.873. The summed E-state index contributed by atoms with van der Waals surface area (Å²) in [5.74, 6) is 0.592. The van der Waals surface area contributed by atoms with Crippen LogP contribution in [-0.2, 0) is 0 Å². The maximum absolute atomic E-state index is 13.0. The molecule has 2 atom stereocenters. The largest absolute Gasteiger partial charge is 0.339 e. The number of benzene rings is 1. The fourth-order valence-corrected chi connectivity index (χ4v) is 5.06. The van der Waals surface area contributed by atoms with Crippen LogP contribution >= 0.6 is 0 Å². The number of nitrogens with zero attached hydrogens (tertiary/aromatic N) is 2. The van der Waals surface area contributed by atoms with E-state index in [4.69, 9.17) is 0 Å². The number of likely N-dealkylation sites (tertiary alicyclic amines) is 2. The molecule has 5 nitrogen and oxygen atoms in total. The Labute approximate surface area is 157 Å². The van der Waals surface area contributed by atoms with Gasteiger partial charge in [-0.1, -0.05) is 12.1 Å². The Hall–Kier alpha value is -1.43. The van der Waals surface area contributed by atoms with Gasteiger partial charge >= 0.3 is 0 Å². The number of hydrazine groups is 1. The van der Waals surface area contributed by atoms with E-state index in [9.17, 15) is 4.79 Å². The van der Waals surface area contributed by atoms with Crippen LogP contribution < -0.4 is 10.9 Å². The van der Waals surface area contributed by atoms with Crippen LogP contribution in [0.5, 0.6) is 0 Å². The molecule has 3 fully saturated rings. The molecule has 3 saturated heterocycles. The Kier molecular flexibility index (Phi) is 5.30. The van der Waals surface area contributed by atoms with E-state index in [2.05, 4.69) is 46.6 Å². The smallest absolute Gasteiger partial charge is 0.253 e. The molecule has 0 spiro atoms. The van der Waals surface area contributed by atoms with Crippen molar-refractivity contribution in [3.63, 3.8) is 0 Å². The zero-order chi connectivity index (χ0) is 18.1. The Morgan fingerprint density at radius 3 is 2.31 bits per heavy atom. The van der Waals surface area contributed by atoms with Crippen molar-refractivity contribution in [2.24, 2.45) is 0 Å². The maximum Gasteiger partial charge on any atom is 0.253 e. The predicted molar refractivity (Wildman–Crippen MR) is 104 cm³/mol. The molecule has 26 heavy (non-hydrogen) atoms. The Balaban J connectivity index is 1.41. The van der Waals surface area contributed by atoms with Crippen molar-refractivity contribution < 1.29 is 4.79 Å². The van der Waals surface area contributed by atoms with Gasteiger partial charge in [-0.3, -0.25) is 15.6 Å². The summed E-state index contributed by atoms with van der Waals surface area (Å²) < 4.78 is 0. The molecule has 4 rings (SSSR count). The molecule has 0 bridgehead atoms. The van der Waals surface area contributed by atoms with Crippen molar-refractivity contribution in [1.82, 2.24) is 20.7 Å². The van der Waals surface area contributed by atoms with Gasteiger partial charge in [0.25, 0.3) is 5.91 Å². The number of piperidine rings is 1. The number of amides is 1. The summed E-state index contributed by atoms with van der Waals surface area (Å²) in [6.07, 6.45) is 4.92. The van der Waals surface area contributed by atoms with Gasteiger partial charge in [-0.2, -0.15) is 0 Å². The van der Waals surface area contributed by atoms with E-state index in [1.54, 1.807) is 0 Å². The fraction of sp³-hybridized carbons (Fsp3) is 0.667. The molecular formula is C21H32N4O. The fourth-order valence-electron chi connectivity index (χ4n) is 5.06. The van der Waals surface area contributed by atoms with Gasteiger partial charge in [0.15, 0.2) is 0 Å². The molecule has 0 aliphatic carbocycles. The van der Waals surface area contributed by atoms with Crippen LogP contribution in [0.1, 0.15) is 61.4 Å². The van der Waals surface area contributed by atoms with Crippen LogP contribution in [0.3, 0.4) is 0 Å². The highest BCUT2D eigenvalue weighted by Crippen LogP contribution is 2.28. The molecule has 0 aromatic heterocycles. The van der Waals surface area contributed by atoms with Crippen LogP contribution in [0.15, 0.2) is 24.3 Å². The summed E-state index contributed by atoms with van der Waals surface area (Å²) in [5, 5.41) is 0. The minimum atomic E-state index is 0.200. The first kappa shape index (κ1) is 18.0.